The number of carbonyl (C=O) groups excluding carboxylic acids is 2. The molecule has 12 nitrogen and oxygen atoms in total. The first kappa shape index (κ1) is 55.2. The Labute approximate surface area is 358 Å². The molecule has 1 fully saturated rings. The van der Waals surface area contributed by atoms with Crippen molar-refractivity contribution in [1.29, 1.82) is 0 Å². The molecule has 0 spiro atoms. The fourth-order valence-electron chi connectivity index (χ4n) is 7.07. The van der Waals surface area contributed by atoms with Crippen LogP contribution in [0.15, 0.2) is 12.2 Å². The molecule has 5 atom stereocenters. The number of carboxylic acids is 1. The maximum atomic E-state index is 12.7. The molecule has 4 N–H and O–H groups in total. The Balaban J connectivity index is 2.22. The lowest BCUT2D eigenvalue weighted by molar-refractivity contribution is -0.161. The van der Waals surface area contributed by atoms with E-state index in [-0.39, 0.29) is 19.4 Å². The molecule has 0 bridgehead atoms. The second-order valence-electron chi connectivity index (χ2n) is 16.6. The van der Waals surface area contributed by atoms with Gasteiger partial charge in [-0.2, -0.15) is 0 Å². The Morgan fingerprint density at radius 2 is 1.07 bits per heavy atom. The number of carbonyl (C=O) groups is 3. The number of carboxylic acid groups (broad SMARTS) is 1. The third-order valence-corrected chi connectivity index (χ3v) is 11.9. The van der Waals surface area contributed by atoms with Gasteiger partial charge in [-0.3, -0.25) is 23.4 Å². The zero-order valence-corrected chi connectivity index (χ0v) is 38.2. The van der Waals surface area contributed by atoms with Gasteiger partial charge in [0.1, 0.15) is 12.6 Å². The van der Waals surface area contributed by atoms with Gasteiger partial charge in [0.15, 0.2) is 6.10 Å². The van der Waals surface area contributed by atoms with Crippen LogP contribution in [-0.2, 0) is 42.2 Å². The van der Waals surface area contributed by atoms with Crippen LogP contribution in [-0.4, -0.2) is 72.1 Å². The SMILES string of the molecule is CCCCCCCCCCCCCCCCCCCCCC(=O)O[C@H](COC(=O)CCCCCCC/C=C\CC1OC1CCCCC)COP(=O)(O)OC[C@H](N)C(=O)O. The van der Waals surface area contributed by atoms with E-state index in [9.17, 15) is 23.8 Å². The molecule has 346 valence electrons. The first-order valence-electron chi connectivity index (χ1n) is 23.8. The van der Waals surface area contributed by atoms with E-state index in [0.29, 0.717) is 25.0 Å². The van der Waals surface area contributed by atoms with Crippen molar-refractivity contribution < 1.29 is 52.2 Å². The van der Waals surface area contributed by atoms with Crippen LogP contribution in [0.25, 0.3) is 0 Å². The van der Waals surface area contributed by atoms with Crippen LogP contribution in [0, 0.1) is 0 Å². The maximum Gasteiger partial charge on any atom is 0.472 e. The number of allylic oxidation sites excluding steroid dienone is 1. The molecule has 1 aliphatic rings. The van der Waals surface area contributed by atoms with Crippen molar-refractivity contribution in [2.24, 2.45) is 5.73 Å². The number of aliphatic carboxylic acids is 1. The Bertz CT molecular complexity index is 1120. The summed E-state index contributed by atoms with van der Waals surface area (Å²) in [7, 11) is -4.72. The minimum absolute atomic E-state index is 0.161. The van der Waals surface area contributed by atoms with E-state index in [1.54, 1.807) is 0 Å². The van der Waals surface area contributed by atoms with Crippen LogP contribution < -0.4 is 5.73 Å². The summed E-state index contributed by atoms with van der Waals surface area (Å²) in [6.45, 7) is 2.79. The number of hydrogen-bond acceptors (Lipinski definition) is 10. The van der Waals surface area contributed by atoms with Gasteiger partial charge < -0.3 is 29.9 Å². The number of ether oxygens (including phenoxy) is 3. The van der Waals surface area contributed by atoms with Gasteiger partial charge in [-0.15, -0.1) is 0 Å². The van der Waals surface area contributed by atoms with E-state index in [1.165, 1.54) is 122 Å². The van der Waals surface area contributed by atoms with Crippen molar-refractivity contribution in [3.63, 3.8) is 0 Å². The lowest BCUT2D eigenvalue weighted by atomic mass is 10.0. The summed E-state index contributed by atoms with van der Waals surface area (Å²) in [6.07, 6.45) is 40.1. The van der Waals surface area contributed by atoms with Gasteiger partial charge >= 0.3 is 25.7 Å². The summed E-state index contributed by atoms with van der Waals surface area (Å²) in [6, 6.07) is -1.52. The van der Waals surface area contributed by atoms with E-state index in [2.05, 4.69) is 30.5 Å². The highest BCUT2D eigenvalue weighted by Crippen LogP contribution is 2.43. The Kier molecular flexibility index (Phi) is 35.5. The third kappa shape index (κ3) is 35.5. The average molecular weight is 860 g/mol. The molecule has 1 saturated heterocycles. The highest BCUT2D eigenvalue weighted by atomic mass is 31.2. The zero-order chi connectivity index (χ0) is 43.2. The molecular weight excluding hydrogens is 773 g/mol. The Morgan fingerprint density at radius 1 is 0.610 bits per heavy atom. The molecule has 0 aromatic rings. The normalized spacial score (nSPS) is 17.2. The minimum Gasteiger partial charge on any atom is -0.480 e. The predicted octanol–water partition coefficient (Wildman–Crippen LogP) is 11.8. The highest BCUT2D eigenvalue weighted by Gasteiger charge is 2.36. The number of epoxide rings is 1. The molecule has 1 aliphatic heterocycles. The van der Waals surface area contributed by atoms with Crippen molar-refractivity contribution in [3.05, 3.63) is 12.2 Å². The fourth-order valence-corrected chi connectivity index (χ4v) is 7.85. The summed E-state index contributed by atoms with van der Waals surface area (Å²) in [4.78, 5) is 46.1. The summed E-state index contributed by atoms with van der Waals surface area (Å²) >= 11 is 0. The van der Waals surface area contributed by atoms with Gasteiger partial charge in [0, 0.05) is 12.8 Å². The first-order valence-corrected chi connectivity index (χ1v) is 25.3. The molecule has 1 heterocycles. The lowest BCUT2D eigenvalue weighted by Crippen LogP contribution is -2.34. The minimum atomic E-state index is -4.72. The van der Waals surface area contributed by atoms with Gasteiger partial charge in [-0.1, -0.05) is 180 Å². The topological polar surface area (TPSA) is 184 Å². The average Bonchev–Trinajstić information content (AvgIpc) is 3.97. The number of esters is 2. The van der Waals surface area contributed by atoms with Gasteiger partial charge in [-0.05, 0) is 38.5 Å². The molecule has 1 rings (SSSR count). The molecule has 13 heteroatoms. The van der Waals surface area contributed by atoms with Crippen LogP contribution >= 0.6 is 7.82 Å². The molecule has 0 aromatic carbocycles. The second-order valence-corrected chi connectivity index (χ2v) is 18.1. The fraction of sp³-hybridized carbons (Fsp3) is 0.891. The number of phosphoric ester groups is 1. The maximum absolute atomic E-state index is 12.7. The molecule has 0 amide bonds. The number of phosphoric acid groups is 1. The smallest absolute Gasteiger partial charge is 0.472 e. The van der Waals surface area contributed by atoms with Crippen LogP contribution in [0.5, 0.6) is 0 Å². The van der Waals surface area contributed by atoms with E-state index in [0.717, 1.165) is 57.8 Å². The van der Waals surface area contributed by atoms with E-state index in [1.807, 2.05) is 0 Å². The molecule has 0 saturated carbocycles. The summed E-state index contributed by atoms with van der Waals surface area (Å²) < 4.78 is 38.5. The number of unbranched alkanes of at least 4 members (excludes halogenated alkanes) is 25. The van der Waals surface area contributed by atoms with E-state index < -0.39 is 51.1 Å². The van der Waals surface area contributed by atoms with Gasteiger partial charge in [-0.25, -0.2) is 4.57 Å². The standard InChI is InChI=1S/C46H86NO11P/c1-3-5-7-8-9-10-11-12-13-14-15-16-17-18-19-20-25-28-32-36-45(49)57-40(38-55-59(52,53)56-39-41(47)46(50)51)37-54-44(48)35-31-27-24-22-21-23-26-30-34-43-42(58-43)33-29-6-4-2/h26,30,40-43H,3-25,27-29,31-39,47H2,1-2H3,(H,50,51)(H,52,53)/b30-26-/t40-,41+,42?,43?/m1/s1. The van der Waals surface area contributed by atoms with Crippen LogP contribution in [0.2, 0.25) is 0 Å². The Hall–Kier alpha value is -1.82. The molecular formula is C46H86NO11P. The van der Waals surface area contributed by atoms with Gasteiger partial charge in [0.05, 0.1) is 25.4 Å². The second kappa shape index (κ2) is 37.9. The number of hydrogen-bond donors (Lipinski definition) is 3. The molecule has 0 aromatic heterocycles. The van der Waals surface area contributed by atoms with Crippen LogP contribution in [0.3, 0.4) is 0 Å². The number of nitrogens with two attached hydrogens (primary N) is 1. The Morgan fingerprint density at radius 3 is 1.59 bits per heavy atom. The molecule has 3 unspecified atom stereocenters. The molecule has 0 aliphatic carbocycles. The van der Waals surface area contributed by atoms with Crippen LogP contribution in [0.4, 0.5) is 0 Å². The quantitative estimate of drug-likeness (QED) is 0.0173. The van der Waals surface area contributed by atoms with Crippen molar-refractivity contribution in [1.82, 2.24) is 0 Å². The van der Waals surface area contributed by atoms with Gasteiger partial charge in [0.2, 0.25) is 0 Å². The van der Waals surface area contributed by atoms with E-state index in [4.69, 9.17) is 29.6 Å². The third-order valence-electron chi connectivity index (χ3n) is 10.9. The summed E-state index contributed by atoms with van der Waals surface area (Å²) in [5.74, 6) is -2.39. The molecule has 0 radical (unpaired) electrons. The lowest BCUT2D eigenvalue weighted by Gasteiger charge is -2.20. The van der Waals surface area contributed by atoms with E-state index >= 15 is 0 Å². The highest BCUT2D eigenvalue weighted by molar-refractivity contribution is 7.47. The first-order chi connectivity index (χ1) is 28.6. The molecule has 59 heavy (non-hydrogen) atoms. The van der Waals surface area contributed by atoms with Crippen LogP contribution in [0.1, 0.15) is 219 Å². The summed E-state index contributed by atoms with van der Waals surface area (Å²) in [5, 5.41) is 8.90. The monoisotopic (exact) mass is 860 g/mol. The van der Waals surface area contributed by atoms with Crippen molar-refractivity contribution in [3.8, 4) is 0 Å². The predicted molar refractivity (Wildman–Crippen MR) is 235 cm³/mol. The van der Waals surface area contributed by atoms with Crippen molar-refractivity contribution in [2.75, 3.05) is 19.8 Å². The van der Waals surface area contributed by atoms with Crippen molar-refractivity contribution in [2.45, 2.75) is 244 Å². The largest absolute Gasteiger partial charge is 0.480 e. The number of rotatable bonds is 44. The summed E-state index contributed by atoms with van der Waals surface area (Å²) in [5.41, 5.74) is 5.34. The van der Waals surface area contributed by atoms with Crippen molar-refractivity contribution >= 4 is 25.7 Å². The van der Waals surface area contributed by atoms with Gasteiger partial charge in [0.25, 0.3) is 0 Å². The zero-order valence-electron chi connectivity index (χ0n) is 37.3.